The largest absolute Gasteiger partial charge is 0.350 e. The van der Waals surface area contributed by atoms with E-state index in [1.165, 1.54) is 24.3 Å². The van der Waals surface area contributed by atoms with Crippen molar-refractivity contribution in [3.8, 4) is 0 Å². The minimum Gasteiger partial charge on any atom is -0.350 e. The number of rotatable bonds is 5. The number of hydrogen-bond acceptors (Lipinski definition) is 4. The molecule has 1 amide bonds. The fourth-order valence-corrected chi connectivity index (χ4v) is 1.94. The van der Waals surface area contributed by atoms with Gasteiger partial charge in [-0.1, -0.05) is 6.07 Å². The third-order valence-electron chi connectivity index (χ3n) is 2.55. The van der Waals surface area contributed by atoms with Gasteiger partial charge < -0.3 is 5.32 Å². The zero-order chi connectivity index (χ0) is 14.5. The first-order chi connectivity index (χ1) is 9.56. The molecule has 0 aliphatic heterocycles. The van der Waals surface area contributed by atoms with Crippen LogP contribution >= 0.6 is 15.9 Å². The van der Waals surface area contributed by atoms with Crippen molar-refractivity contribution in [2.45, 2.75) is 6.54 Å². The van der Waals surface area contributed by atoms with Crippen molar-refractivity contribution in [3.05, 3.63) is 56.8 Å². The van der Waals surface area contributed by atoms with Gasteiger partial charge in [0.25, 0.3) is 11.6 Å². The summed E-state index contributed by atoms with van der Waals surface area (Å²) in [7, 11) is 0. The van der Waals surface area contributed by atoms with Gasteiger partial charge in [0.2, 0.25) is 0 Å². The third kappa shape index (κ3) is 3.64. The molecule has 0 aliphatic rings. The quantitative estimate of drug-likeness (QED) is 0.666. The van der Waals surface area contributed by atoms with Crippen LogP contribution in [0.5, 0.6) is 0 Å². The zero-order valence-corrected chi connectivity index (χ0v) is 11.9. The van der Waals surface area contributed by atoms with Gasteiger partial charge in [-0.25, -0.2) is 0 Å². The van der Waals surface area contributed by atoms with Crippen LogP contribution in [0.4, 0.5) is 5.69 Å². The van der Waals surface area contributed by atoms with Crippen LogP contribution in [0.2, 0.25) is 0 Å². The molecular weight excluding hydrogens is 328 g/mol. The van der Waals surface area contributed by atoms with Gasteiger partial charge in [-0.3, -0.25) is 19.6 Å². The summed E-state index contributed by atoms with van der Waals surface area (Å²) in [4.78, 5) is 21.9. The fraction of sp³-hybridized carbons (Fsp3) is 0.167. The molecular formula is C12H11BrN4O3. The third-order valence-corrected chi connectivity index (χ3v) is 2.96. The van der Waals surface area contributed by atoms with Gasteiger partial charge in [-0.2, -0.15) is 5.10 Å². The second-order valence-corrected chi connectivity index (χ2v) is 4.90. The van der Waals surface area contributed by atoms with Gasteiger partial charge in [0.05, 0.1) is 22.1 Å². The lowest BCUT2D eigenvalue weighted by Gasteiger charge is -2.05. The van der Waals surface area contributed by atoms with E-state index in [0.29, 0.717) is 13.1 Å². The second kappa shape index (κ2) is 6.29. The van der Waals surface area contributed by atoms with E-state index in [-0.39, 0.29) is 17.2 Å². The standard InChI is InChI=1S/C12H11BrN4O3/c13-10-7-15-16(8-10)5-4-14-12(18)9-2-1-3-11(6-9)17(19)20/h1-3,6-8H,4-5H2,(H,14,18). The monoisotopic (exact) mass is 338 g/mol. The van der Waals surface area contributed by atoms with Crippen molar-refractivity contribution in [2.24, 2.45) is 0 Å². The van der Waals surface area contributed by atoms with E-state index in [1.54, 1.807) is 17.1 Å². The van der Waals surface area contributed by atoms with E-state index in [9.17, 15) is 14.9 Å². The number of amides is 1. The Labute approximate surface area is 122 Å². The van der Waals surface area contributed by atoms with Crippen molar-refractivity contribution in [1.29, 1.82) is 0 Å². The Hall–Kier alpha value is -2.22. The van der Waals surface area contributed by atoms with Crippen LogP contribution < -0.4 is 5.32 Å². The number of nitrogens with zero attached hydrogens (tertiary/aromatic N) is 3. The number of aromatic nitrogens is 2. The van der Waals surface area contributed by atoms with Crippen LogP contribution in [-0.4, -0.2) is 27.2 Å². The Morgan fingerprint density at radius 3 is 2.95 bits per heavy atom. The Balaban J connectivity index is 1.91. The molecule has 1 aromatic carbocycles. The number of halogens is 1. The zero-order valence-electron chi connectivity index (χ0n) is 10.3. The predicted molar refractivity (Wildman–Crippen MR) is 75.4 cm³/mol. The van der Waals surface area contributed by atoms with Gasteiger partial charge in [-0.15, -0.1) is 0 Å². The van der Waals surface area contributed by atoms with E-state index < -0.39 is 4.92 Å². The number of carbonyl (C=O) groups is 1. The summed E-state index contributed by atoms with van der Waals surface area (Å²) in [6.45, 7) is 0.905. The highest BCUT2D eigenvalue weighted by Gasteiger charge is 2.10. The second-order valence-electron chi connectivity index (χ2n) is 3.98. The van der Waals surface area contributed by atoms with Crippen LogP contribution in [-0.2, 0) is 6.54 Å². The van der Waals surface area contributed by atoms with Gasteiger partial charge >= 0.3 is 0 Å². The summed E-state index contributed by atoms with van der Waals surface area (Å²) >= 11 is 3.28. The van der Waals surface area contributed by atoms with Crippen molar-refractivity contribution in [1.82, 2.24) is 15.1 Å². The number of nitro benzene ring substituents is 1. The molecule has 0 aliphatic carbocycles. The molecule has 7 nitrogen and oxygen atoms in total. The molecule has 2 aromatic rings. The number of non-ortho nitro benzene ring substituents is 1. The molecule has 1 heterocycles. The molecule has 0 spiro atoms. The van der Waals surface area contributed by atoms with Crippen molar-refractivity contribution in [3.63, 3.8) is 0 Å². The topological polar surface area (TPSA) is 90.1 Å². The summed E-state index contributed by atoms with van der Waals surface area (Å²) in [5, 5.41) is 17.4. The number of nitro groups is 1. The number of benzene rings is 1. The van der Waals surface area contributed by atoms with Gasteiger partial charge in [0.1, 0.15) is 0 Å². The van der Waals surface area contributed by atoms with Crippen molar-refractivity contribution in [2.75, 3.05) is 6.54 Å². The van der Waals surface area contributed by atoms with Crippen molar-refractivity contribution < 1.29 is 9.72 Å². The minimum atomic E-state index is -0.530. The lowest BCUT2D eigenvalue weighted by atomic mass is 10.2. The van der Waals surface area contributed by atoms with Gasteiger partial charge in [0, 0.05) is 30.4 Å². The first kappa shape index (κ1) is 14.2. The first-order valence-electron chi connectivity index (χ1n) is 5.77. The maximum absolute atomic E-state index is 11.8. The summed E-state index contributed by atoms with van der Waals surface area (Å²) in [5.74, 6) is -0.347. The lowest BCUT2D eigenvalue weighted by Crippen LogP contribution is -2.27. The Morgan fingerprint density at radius 1 is 1.50 bits per heavy atom. The van der Waals surface area contributed by atoms with Gasteiger partial charge in [-0.05, 0) is 22.0 Å². The van der Waals surface area contributed by atoms with E-state index >= 15 is 0 Å². The molecule has 0 saturated carbocycles. The molecule has 0 bridgehead atoms. The van der Waals surface area contributed by atoms with Crippen LogP contribution in [0.1, 0.15) is 10.4 Å². The summed E-state index contributed by atoms with van der Waals surface area (Å²) < 4.78 is 2.54. The first-order valence-corrected chi connectivity index (χ1v) is 6.56. The molecule has 20 heavy (non-hydrogen) atoms. The van der Waals surface area contributed by atoms with Gasteiger partial charge in [0.15, 0.2) is 0 Å². The van der Waals surface area contributed by atoms with Crippen LogP contribution in [0.25, 0.3) is 0 Å². The molecule has 0 fully saturated rings. The lowest BCUT2D eigenvalue weighted by molar-refractivity contribution is -0.384. The Morgan fingerprint density at radius 2 is 2.30 bits per heavy atom. The maximum atomic E-state index is 11.8. The number of carbonyl (C=O) groups excluding carboxylic acids is 1. The predicted octanol–water partition coefficient (Wildman–Crippen LogP) is 1.98. The molecule has 1 N–H and O–H groups in total. The minimum absolute atomic E-state index is 0.103. The average molecular weight is 339 g/mol. The van der Waals surface area contributed by atoms with E-state index in [1.807, 2.05) is 0 Å². The van der Waals surface area contributed by atoms with E-state index in [2.05, 4.69) is 26.3 Å². The average Bonchev–Trinajstić information content (AvgIpc) is 2.84. The normalized spacial score (nSPS) is 10.2. The molecule has 0 saturated heterocycles. The smallest absolute Gasteiger partial charge is 0.270 e. The highest BCUT2D eigenvalue weighted by atomic mass is 79.9. The Bertz CT molecular complexity index is 641. The molecule has 0 unspecified atom stereocenters. The molecule has 104 valence electrons. The molecule has 0 atom stereocenters. The molecule has 1 aromatic heterocycles. The van der Waals surface area contributed by atoms with E-state index in [0.717, 1.165) is 4.47 Å². The highest BCUT2D eigenvalue weighted by molar-refractivity contribution is 9.10. The summed E-state index contributed by atoms with van der Waals surface area (Å²) in [6, 6.07) is 5.61. The summed E-state index contributed by atoms with van der Waals surface area (Å²) in [5.41, 5.74) is 0.162. The number of hydrogen-bond donors (Lipinski definition) is 1. The van der Waals surface area contributed by atoms with E-state index in [4.69, 9.17) is 0 Å². The number of nitrogens with one attached hydrogen (secondary N) is 1. The molecule has 8 heteroatoms. The van der Waals surface area contributed by atoms with Crippen LogP contribution in [0.3, 0.4) is 0 Å². The summed E-state index contributed by atoms with van der Waals surface area (Å²) in [6.07, 6.45) is 3.45. The SMILES string of the molecule is O=C(NCCn1cc(Br)cn1)c1cccc([N+](=O)[O-])c1. The fourth-order valence-electron chi connectivity index (χ4n) is 1.61. The molecule has 0 radical (unpaired) electrons. The maximum Gasteiger partial charge on any atom is 0.270 e. The Kier molecular flexibility index (Phi) is 4.46. The van der Waals surface area contributed by atoms with Crippen LogP contribution in [0, 0.1) is 10.1 Å². The highest BCUT2D eigenvalue weighted by Crippen LogP contribution is 2.12. The van der Waals surface area contributed by atoms with Crippen LogP contribution in [0.15, 0.2) is 41.1 Å². The van der Waals surface area contributed by atoms with Crippen molar-refractivity contribution >= 4 is 27.5 Å². The molecule has 2 rings (SSSR count).